The van der Waals surface area contributed by atoms with E-state index in [1.807, 2.05) is 17.0 Å². The molecule has 3 aromatic rings. The second-order valence-electron chi connectivity index (χ2n) is 8.21. The van der Waals surface area contributed by atoms with Gasteiger partial charge in [0.1, 0.15) is 10.8 Å². The quantitative estimate of drug-likeness (QED) is 0.490. The van der Waals surface area contributed by atoms with Gasteiger partial charge in [-0.2, -0.15) is 0 Å². The highest BCUT2D eigenvalue weighted by Gasteiger charge is 2.26. The molecule has 0 spiro atoms. The maximum atomic E-state index is 14.5. The van der Waals surface area contributed by atoms with Gasteiger partial charge in [-0.15, -0.1) is 0 Å². The maximum Gasteiger partial charge on any atom is 0.256 e. The van der Waals surface area contributed by atoms with Crippen molar-refractivity contribution in [1.29, 1.82) is 0 Å². The van der Waals surface area contributed by atoms with E-state index >= 15 is 0 Å². The lowest BCUT2D eigenvalue weighted by molar-refractivity contribution is 0.0742. The van der Waals surface area contributed by atoms with Gasteiger partial charge in [0.2, 0.25) is 0 Å². The third kappa shape index (κ3) is 5.09. The Hall–Kier alpha value is -3.19. The first-order chi connectivity index (χ1) is 15.8. The Morgan fingerprint density at radius 1 is 0.970 bits per heavy atom. The molecule has 1 aliphatic rings. The lowest BCUT2D eigenvalue weighted by Crippen LogP contribution is -2.49. The molecular formula is C26H26FN3O2S. The van der Waals surface area contributed by atoms with Crippen LogP contribution in [-0.4, -0.2) is 47.8 Å². The number of Topliss-reactive ketones (excluding diaryl/α,β-unsaturated/α-hetero) is 1. The van der Waals surface area contributed by atoms with Crippen LogP contribution in [0.1, 0.15) is 38.8 Å². The summed E-state index contributed by atoms with van der Waals surface area (Å²) in [6, 6.07) is 14.4. The Morgan fingerprint density at radius 3 is 2.39 bits per heavy atom. The van der Waals surface area contributed by atoms with Crippen molar-refractivity contribution in [2.24, 2.45) is 0 Å². The summed E-state index contributed by atoms with van der Waals surface area (Å²) in [5.74, 6) is -0.648. The fourth-order valence-corrected chi connectivity index (χ4v) is 4.80. The zero-order valence-electron chi connectivity index (χ0n) is 19.0. The van der Waals surface area contributed by atoms with E-state index in [9.17, 15) is 14.0 Å². The summed E-state index contributed by atoms with van der Waals surface area (Å²) >= 11 is 1.49. The molecule has 0 radical (unpaired) electrons. The van der Waals surface area contributed by atoms with Gasteiger partial charge < -0.3 is 9.80 Å². The average molecular weight is 464 g/mol. The monoisotopic (exact) mass is 463 g/mol. The highest BCUT2D eigenvalue weighted by atomic mass is 32.2. The van der Waals surface area contributed by atoms with Gasteiger partial charge in [0, 0.05) is 42.8 Å². The maximum absolute atomic E-state index is 14.5. The van der Waals surface area contributed by atoms with Crippen LogP contribution >= 0.6 is 11.8 Å². The van der Waals surface area contributed by atoms with Crippen LogP contribution in [0.5, 0.6) is 0 Å². The number of rotatable bonds is 5. The molecule has 2 heterocycles. The molecule has 1 amide bonds. The number of ketones is 1. The van der Waals surface area contributed by atoms with Gasteiger partial charge in [-0.1, -0.05) is 17.8 Å². The molecule has 1 saturated heterocycles. The fourth-order valence-electron chi connectivity index (χ4n) is 3.83. The first-order valence-corrected chi connectivity index (χ1v) is 11.7. The van der Waals surface area contributed by atoms with Crippen LogP contribution in [0.3, 0.4) is 0 Å². The first kappa shape index (κ1) is 23.0. The number of anilines is 1. The molecule has 4 rings (SSSR count). The summed E-state index contributed by atoms with van der Waals surface area (Å²) in [7, 11) is 0. The largest absolute Gasteiger partial charge is 0.366 e. The van der Waals surface area contributed by atoms with E-state index in [4.69, 9.17) is 0 Å². The van der Waals surface area contributed by atoms with Crippen LogP contribution in [0.25, 0.3) is 0 Å². The van der Waals surface area contributed by atoms with E-state index in [1.54, 1.807) is 29.3 Å². The Balaban J connectivity index is 1.46. The van der Waals surface area contributed by atoms with E-state index in [0.29, 0.717) is 48.0 Å². The van der Waals surface area contributed by atoms with Crippen molar-refractivity contribution in [2.45, 2.75) is 30.7 Å². The van der Waals surface area contributed by atoms with E-state index in [2.05, 4.69) is 31.0 Å². The number of hydrogen-bond donors (Lipinski definition) is 0. The van der Waals surface area contributed by atoms with Gasteiger partial charge in [-0.05, 0) is 74.4 Å². The summed E-state index contributed by atoms with van der Waals surface area (Å²) in [5.41, 5.74) is 3.81. The number of benzene rings is 2. The topological polar surface area (TPSA) is 53.5 Å². The normalized spacial score (nSPS) is 13.8. The van der Waals surface area contributed by atoms with Gasteiger partial charge >= 0.3 is 0 Å². The van der Waals surface area contributed by atoms with Gasteiger partial charge in [0.05, 0.1) is 11.3 Å². The highest BCUT2D eigenvalue weighted by molar-refractivity contribution is 7.99. The van der Waals surface area contributed by atoms with Crippen LogP contribution < -0.4 is 4.90 Å². The van der Waals surface area contributed by atoms with Crippen molar-refractivity contribution in [3.8, 4) is 0 Å². The smallest absolute Gasteiger partial charge is 0.256 e. The summed E-state index contributed by atoms with van der Waals surface area (Å²) in [5, 5.41) is 0.680. The molecule has 2 aromatic carbocycles. The summed E-state index contributed by atoms with van der Waals surface area (Å²) in [6.07, 6.45) is 1.70. The highest BCUT2D eigenvalue weighted by Crippen LogP contribution is 2.31. The minimum absolute atomic E-state index is 0.0681. The van der Waals surface area contributed by atoms with E-state index < -0.39 is 5.82 Å². The molecule has 0 saturated carbocycles. The second kappa shape index (κ2) is 9.75. The number of carbonyl (C=O) groups is 2. The lowest BCUT2D eigenvalue weighted by Gasteiger charge is -2.36. The van der Waals surface area contributed by atoms with Crippen LogP contribution in [-0.2, 0) is 0 Å². The molecule has 1 fully saturated rings. The molecule has 0 N–H and O–H groups in total. The van der Waals surface area contributed by atoms with Crippen LogP contribution in [0.2, 0.25) is 0 Å². The van der Waals surface area contributed by atoms with Crippen molar-refractivity contribution >= 4 is 29.1 Å². The third-order valence-corrected chi connectivity index (χ3v) is 6.96. The molecule has 170 valence electrons. The molecule has 7 heteroatoms. The van der Waals surface area contributed by atoms with Crippen molar-refractivity contribution in [1.82, 2.24) is 9.88 Å². The number of hydrogen-bond acceptors (Lipinski definition) is 5. The molecule has 1 aliphatic heterocycles. The lowest BCUT2D eigenvalue weighted by atomic mass is 10.1. The number of carbonyl (C=O) groups excluding carboxylic acids is 2. The number of halogens is 1. The summed E-state index contributed by atoms with van der Waals surface area (Å²) in [4.78, 5) is 34.0. The van der Waals surface area contributed by atoms with Crippen molar-refractivity contribution in [2.75, 3.05) is 31.1 Å². The third-order valence-electron chi connectivity index (χ3n) is 5.96. The summed E-state index contributed by atoms with van der Waals surface area (Å²) < 4.78 is 14.5. The fraction of sp³-hybridized carbons (Fsp3) is 0.269. The zero-order chi connectivity index (χ0) is 23.5. The number of nitrogens with zero attached hydrogens (tertiary/aromatic N) is 3. The first-order valence-electron chi connectivity index (χ1n) is 10.9. The molecule has 5 nitrogen and oxygen atoms in total. The minimum Gasteiger partial charge on any atom is -0.366 e. The molecule has 0 aliphatic carbocycles. The van der Waals surface area contributed by atoms with Crippen LogP contribution in [0, 0.1) is 19.7 Å². The van der Waals surface area contributed by atoms with Gasteiger partial charge in [-0.3, -0.25) is 9.59 Å². The Labute approximate surface area is 197 Å². The number of aryl methyl sites for hydroxylation is 2. The van der Waals surface area contributed by atoms with Gasteiger partial charge in [0.15, 0.2) is 5.78 Å². The Morgan fingerprint density at radius 2 is 1.73 bits per heavy atom. The van der Waals surface area contributed by atoms with Crippen molar-refractivity contribution in [3.63, 3.8) is 0 Å². The van der Waals surface area contributed by atoms with Crippen molar-refractivity contribution in [3.05, 3.63) is 82.8 Å². The van der Waals surface area contributed by atoms with Gasteiger partial charge in [-0.25, -0.2) is 9.37 Å². The molecule has 0 bridgehead atoms. The molecular weight excluding hydrogens is 437 g/mol. The number of piperazine rings is 1. The predicted molar refractivity (Wildman–Crippen MR) is 129 cm³/mol. The zero-order valence-corrected chi connectivity index (χ0v) is 19.8. The Bertz CT molecular complexity index is 1210. The van der Waals surface area contributed by atoms with Crippen LogP contribution in [0.4, 0.5) is 10.1 Å². The second-order valence-corrected chi connectivity index (χ2v) is 9.27. The van der Waals surface area contributed by atoms with Crippen LogP contribution in [0.15, 0.2) is 64.6 Å². The van der Waals surface area contributed by atoms with E-state index in [1.165, 1.54) is 35.9 Å². The van der Waals surface area contributed by atoms with E-state index in [-0.39, 0.29) is 11.7 Å². The molecule has 33 heavy (non-hydrogen) atoms. The molecule has 1 aromatic heterocycles. The van der Waals surface area contributed by atoms with Gasteiger partial charge in [0.25, 0.3) is 5.91 Å². The van der Waals surface area contributed by atoms with E-state index in [0.717, 1.165) is 4.90 Å². The van der Waals surface area contributed by atoms with Crippen molar-refractivity contribution < 1.29 is 14.0 Å². The molecule has 0 unspecified atom stereocenters. The molecule has 0 atom stereocenters. The predicted octanol–water partition coefficient (Wildman–Crippen LogP) is 5.15. The number of amides is 1. The number of pyridine rings is 1. The summed E-state index contributed by atoms with van der Waals surface area (Å²) in [6.45, 7) is 7.56. The minimum atomic E-state index is -0.415. The SMILES string of the molecule is CC(=O)c1ccc(N2CCN(C(=O)c3cccnc3Sc3ccc(C)c(C)c3)CC2)c(F)c1. The average Bonchev–Trinajstić information content (AvgIpc) is 2.81. The Kier molecular flexibility index (Phi) is 6.79. The number of aromatic nitrogens is 1. The standard InChI is InChI=1S/C26H26FN3O2S/c1-17-6-8-21(15-18(17)2)33-25-22(5-4-10-28-25)26(32)30-13-11-29(12-14-30)24-9-7-20(19(3)31)16-23(24)27/h4-10,15-16H,11-14H2,1-3H3.